The Morgan fingerprint density at radius 1 is 1.03 bits per heavy atom. The molecule has 0 aliphatic heterocycles. The fraction of sp³-hybridized carbons (Fsp3) is 0.158. The molecule has 0 atom stereocenters. The maximum atomic E-state index is 12.7. The summed E-state index contributed by atoms with van der Waals surface area (Å²) in [5.41, 5.74) is 0.169. The molecule has 3 aromatic rings. The molecule has 30 heavy (non-hydrogen) atoms. The predicted octanol–water partition coefficient (Wildman–Crippen LogP) is 4.35. The van der Waals surface area contributed by atoms with Gasteiger partial charge in [-0.3, -0.25) is 15.0 Å². The second-order valence-electron chi connectivity index (χ2n) is 6.11. The molecular weight excluding hydrogens is 405 g/mol. The number of amides is 2. The summed E-state index contributed by atoms with van der Waals surface area (Å²) in [4.78, 5) is 24.6. The molecule has 3 rings (SSSR count). The highest BCUT2D eigenvalue weighted by atomic mass is 19.4. The minimum atomic E-state index is -4.47. The summed E-state index contributed by atoms with van der Waals surface area (Å²) in [5, 5.41) is 9.89. The maximum Gasteiger partial charge on any atom is 0.416 e. The smallest absolute Gasteiger partial charge is 0.416 e. The number of alkyl halides is 3. The standard InChI is InChI=1S/C19H15F3N4O4/c1-11(27)29-15-9-3-12(4-10-15)16-17(25-30-24-16)23-18(28)26(2)14-7-5-13(6-8-14)19(20,21)22/h3-10H,1-2H3,(H,23,25,28). The molecule has 0 unspecified atom stereocenters. The van der Waals surface area contributed by atoms with Crippen LogP contribution >= 0.6 is 0 Å². The van der Waals surface area contributed by atoms with Gasteiger partial charge in [-0.05, 0) is 58.8 Å². The fourth-order valence-corrected chi connectivity index (χ4v) is 2.48. The number of benzene rings is 2. The Morgan fingerprint density at radius 3 is 2.23 bits per heavy atom. The van der Waals surface area contributed by atoms with Crippen molar-refractivity contribution in [1.29, 1.82) is 0 Å². The van der Waals surface area contributed by atoms with Crippen molar-refractivity contribution < 1.29 is 32.1 Å². The van der Waals surface area contributed by atoms with Crippen molar-refractivity contribution in [3.05, 3.63) is 54.1 Å². The summed E-state index contributed by atoms with van der Waals surface area (Å²) in [6, 6.07) is 9.70. The number of halogens is 3. The van der Waals surface area contributed by atoms with Gasteiger partial charge in [0.1, 0.15) is 5.75 Å². The molecule has 0 saturated carbocycles. The van der Waals surface area contributed by atoms with Crippen LogP contribution in [0, 0.1) is 0 Å². The molecule has 1 heterocycles. The van der Waals surface area contributed by atoms with Crippen LogP contribution in [0.25, 0.3) is 11.3 Å². The molecule has 0 saturated heterocycles. The Labute approximate surface area is 168 Å². The van der Waals surface area contributed by atoms with Gasteiger partial charge in [-0.25, -0.2) is 9.42 Å². The zero-order valence-corrected chi connectivity index (χ0v) is 15.7. The van der Waals surface area contributed by atoms with E-state index in [1.54, 1.807) is 12.1 Å². The van der Waals surface area contributed by atoms with Gasteiger partial charge in [0.15, 0.2) is 5.69 Å². The van der Waals surface area contributed by atoms with Crippen LogP contribution in [-0.4, -0.2) is 29.4 Å². The molecule has 0 radical (unpaired) electrons. The Kier molecular flexibility index (Phi) is 5.72. The van der Waals surface area contributed by atoms with E-state index in [0.29, 0.717) is 11.3 Å². The molecule has 0 aliphatic rings. The lowest BCUT2D eigenvalue weighted by atomic mass is 10.1. The molecule has 156 valence electrons. The number of anilines is 2. The molecule has 8 nitrogen and oxygen atoms in total. The number of hydrogen-bond donors (Lipinski definition) is 1. The Morgan fingerprint density at radius 2 is 1.67 bits per heavy atom. The number of carbonyl (C=O) groups is 2. The third kappa shape index (κ3) is 4.74. The molecule has 0 spiro atoms. The lowest BCUT2D eigenvalue weighted by Crippen LogP contribution is -2.31. The molecular formula is C19H15F3N4O4. The van der Waals surface area contributed by atoms with Crippen molar-refractivity contribution >= 4 is 23.5 Å². The van der Waals surface area contributed by atoms with E-state index >= 15 is 0 Å². The number of ether oxygens (including phenoxy) is 1. The van der Waals surface area contributed by atoms with Crippen molar-refractivity contribution in [2.45, 2.75) is 13.1 Å². The van der Waals surface area contributed by atoms with Crippen LogP contribution in [0.15, 0.2) is 53.2 Å². The molecule has 1 N–H and O–H groups in total. The first kappa shape index (κ1) is 20.8. The summed E-state index contributed by atoms with van der Waals surface area (Å²) in [5.74, 6) is -0.126. The summed E-state index contributed by atoms with van der Waals surface area (Å²) in [6.07, 6.45) is -4.47. The molecule has 0 aliphatic carbocycles. The van der Waals surface area contributed by atoms with Gasteiger partial charge >= 0.3 is 18.2 Å². The molecule has 0 fully saturated rings. The number of esters is 1. The fourth-order valence-electron chi connectivity index (χ4n) is 2.48. The van der Waals surface area contributed by atoms with Gasteiger partial charge in [0.25, 0.3) is 0 Å². The van der Waals surface area contributed by atoms with Crippen molar-refractivity contribution in [1.82, 2.24) is 10.3 Å². The molecule has 2 aromatic carbocycles. The number of carbonyl (C=O) groups excluding carboxylic acids is 2. The molecule has 0 bridgehead atoms. The normalized spacial score (nSPS) is 11.1. The molecule has 11 heteroatoms. The molecule has 2 amide bonds. The van der Waals surface area contributed by atoms with Gasteiger partial charge in [-0.1, -0.05) is 0 Å². The van der Waals surface area contributed by atoms with E-state index in [-0.39, 0.29) is 17.2 Å². The third-order valence-electron chi connectivity index (χ3n) is 3.99. The van der Waals surface area contributed by atoms with Crippen LogP contribution in [0.1, 0.15) is 12.5 Å². The van der Waals surface area contributed by atoms with Crippen LogP contribution in [0.3, 0.4) is 0 Å². The second-order valence-corrected chi connectivity index (χ2v) is 6.11. The Bertz CT molecular complexity index is 1050. The van der Waals surface area contributed by atoms with E-state index in [1.165, 1.54) is 38.2 Å². The second kappa shape index (κ2) is 8.23. The average molecular weight is 420 g/mol. The first-order chi connectivity index (χ1) is 14.1. The highest BCUT2D eigenvalue weighted by Crippen LogP contribution is 2.31. The van der Waals surface area contributed by atoms with Crippen molar-refractivity contribution in [2.75, 3.05) is 17.3 Å². The van der Waals surface area contributed by atoms with Crippen LogP contribution in [0.4, 0.5) is 29.5 Å². The largest absolute Gasteiger partial charge is 0.427 e. The minimum absolute atomic E-state index is 0.0130. The van der Waals surface area contributed by atoms with Crippen LogP contribution in [-0.2, 0) is 11.0 Å². The third-order valence-corrected chi connectivity index (χ3v) is 3.99. The first-order valence-corrected chi connectivity index (χ1v) is 8.48. The topological polar surface area (TPSA) is 97.6 Å². The van der Waals surface area contributed by atoms with Gasteiger partial charge in [0.05, 0.1) is 5.56 Å². The van der Waals surface area contributed by atoms with Gasteiger partial charge in [0.2, 0.25) is 5.82 Å². The maximum absolute atomic E-state index is 12.7. The lowest BCUT2D eigenvalue weighted by Gasteiger charge is -2.18. The zero-order valence-electron chi connectivity index (χ0n) is 15.7. The number of aromatic nitrogens is 2. The van der Waals surface area contributed by atoms with E-state index in [2.05, 4.69) is 15.6 Å². The van der Waals surface area contributed by atoms with Gasteiger partial charge in [-0.2, -0.15) is 13.2 Å². The van der Waals surface area contributed by atoms with E-state index < -0.39 is 23.7 Å². The number of hydrogen-bond acceptors (Lipinski definition) is 6. The first-order valence-electron chi connectivity index (χ1n) is 8.48. The van der Waals surface area contributed by atoms with Crippen LogP contribution < -0.4 is 15.0 Å². The van der Waals surface area contributed by atoms with Crippen LogP contribution in [0.5, 0.6) is 5.75 Å². The van der Waals surface area contributed by atoms with Gasteiger partial charge < -0.3 is 4.74 Å². The number of urea groups is 1. The minimum Gasteiger partial charge on any atom is -0.427 e. The summed E-state index contributed by atoms with van der Waals surface area (Å²) >= 11 is 0. The van der Waals surface area contributed by atoms with Gasteiger partial charge in [0, 0.05) is 25.2 Å². The van der Waals surface area contributed by atoms with Crippen molar-refractivity contribution in [3.8, 4) is 17.0 Å². The van der Waals surface area contributed by atoms with E-state index in [1.807, 2.05) is 0 Å². The lowest BCUT2D eigenvalue weighted by molar-refractivity contribution is -0.137. The number of nitrogens with zero attached hydrogens (tertiary/aromatic N) is 3. The van der Waals surface area contributed by atoms with Gasteiger partial charge in [-0.15, -0.1) is 0 Å². The van der Waals surface area contributed by atoms with E-state index in [4.69, 9.17) is 9.37 Å². The van der Waals surface area contributed by atoms with Crippen LogP contribution in [0.2, 0.25) is 0 Å². The van der Waals surface area contributed by atoms with E-state index in [9.17, 15) is 22.8 Å². The number of nitrogens with one attached hydrogen (secondary N) is 1. The predicted molar refractivity (Wildman–Crippen MR) is 99.9 cm³/mol. The van der Waals surface area contributed by atoms with Crippen molar-refractivity contribution in [3.63, 3.8) is 0 Å². The zero-order chi connectivity index (χ0) is 21.9. The highest BCUT2D eigenvalue weighted by Gasteiger charge is 2.30. The quantitative estimate of drug-likeness (QED) is 0.498. The SMILES string of the molecule is CC(=O)Oc1ccc(-c2nonc2NC(=O)N(C)c2ccc(C(F)(F)F)cc2)cc1. The van der Waals surface area contributed by atoms with E-state index in [0.717, 1.165) is 17.0 Å². The highest BCUT2D eigenvalue weighted by molar-refractivity contribution is 6.02. The average Bonchev–Trinajstić information content (AvgIpc) is 3.15. The monoisotopic (exact) mass is 420 g/mol. The summed E-state index contributed by atoms with van der Waals surface area (Å²) in [7, 11) is 1.39. The Balaban J connectivity index is 1.73. The van der Waals surface area contributed by atoms with Crippen molar-refractivity contribution in [2.24, 2.45) is 0 Å². The Hall–Kier alpha value is -3.89. The summed E-state index contributed by atoms with van der Waals surface area (Å²) < 4.78 is 47.7. The number of rotatable bonds is 4. The molecule has 1 aromatic heterocycles. The summed E-state index contributed by atoms with van der Waals surface area (Å²) in [6.45, 7) is 1.27.